The van der Waals surface area contributed by atoms with Crippen molar-refractivity contribution in [3.8, 4) is 22.8 Å². The first-order chi connectivity index (χ1) is 22.0. The van der Waals surface area contributed by atoms with Crippen molar-refractivity contribution in [2.75, 3.05) is 0 Å². The number of hydrogen-bond donors (Lipinski definition) is 4. The lowest BCUT2D eigenvalue weighted by Crippen LogP contribution is -2.55. The molecule has 0 unspecified atom stereocenters. The summed E-state index contributed by atoms with van der Waals surface area (Å²) < 4.78 is 90.3. The Balaban J connectivity index is 1.59. The Labute approximate surface area is 260 Å². The summed E-state index contributed by atoms with van der Waals surface area (Å²) in [5.41, 5.74) is -6.68. The van der Waals surface area contributed by atoms with Crippen molar-refractivity contribution in [1.29, 1.82) is 0 Å². The van der Waals surface area contributed by atoms with Gasteiger partial charge in [-0.1, -0.05) is 36.4 Å². The number of H-pyrrole nitrogens is 2. The van der Waals surface area contributed by atoms with Gasteiger partial charge < -0.3 is 20.2 Å². The molecular formula is C33H22F6N4O4. The van der Waals surface area contributed by atoms with Crippen LogP contribution in [0.2, 0.25) is 0 Å². The van der Waals surface area contributed by atoms with Crippen LogP contribution in [-0.4, -0.2) is 54.4 Å². The Morgan fingerprint density at radius 2 is 0.979 bits per heavy atom. The summed E-state index contributed by atoms with van der Waals surface area (Å²) in [5.74, 6) is -3.78. The van der Waals surface area contributed by atoms with Crippen LogP contribution in [0.3, 0.4) is 0 Å². The molecular weight excluding hydrogens is 630 g/mol. The summed E-state index contributed by atoms with van der Waals surface area (Å²) in [6.07, 6.45) is -12.2. The van der Waals surface area contributed by atoms with Gasteiger partial charge in [0.05, 0.1) is 33.2 Å². The second-order valence-electron chi connectivity index (χ2n) is 11.1. The number of aromatic amines is 2. The summed E-state index contributed by atoms with van der Waals surface area (Å²) in [7, 11) is 0. The Morgan fingerprint density at radius 1 is 0.596 bits per heavy atom. The van der Waals surface area contributed by atoms with E-state index in [-0.39, 0.29) is 22.8 Å². The normalized spacial score (nSPS) is 12.6. The van der Waals surface area contributed by atoms with Gasteiger partial charge in [-0.25, -0.2) is 19.6 Å². The number of nitrogens with one attached hydrogen (secondary N) is 2. The van der Waals surface area contributed by atoms with Gasteiger partial charge in [0.15, 0.2) is 0 Å². The molecule has 240 valence electrons. The molecule has 4 N–H and O–H groups in total. The molecule has 6 rings (SSSR count). The van der Waals surface area contributed by atoms with Crippen molar-refractivity contribution >= 4 is 34.0 Å². The van der Waals surface area contributed by atoms with E-state index >= 15 is 26.3 Å². The fourth-order valence-electron chi connectivity index (χ4n) is 5.81. The number of carbonyl (C=O) groups is 2. The summed E-state index contributed by atoms with van der Waals surface area (Å²) in [6.45, 7) is 3.57. The molecule has 2 heterocycles. The third-order valence-electron chi connectivity index (χ3n) is 8.00. The molecule has 6 aromatic rings. The molecule has 0 spiro atoms. The van der Waals surface area contributed by atoms with Gasteiger partial charge in [0.2, 0.25) is 5.41 Å². The molecule has 0 fully saturated rings. The van der Waals surface area contributed by atoms with Crippen molar-refractivity contribution in [3.63, 3.8) is 0 Å². The van der Waals surface area contributed by atoms with Crippen LogP contribution in [0.1, 0.15) is 43.0 Å². The van der Waals surface area contributed by atoms with Crippen molar-refractivity contribution < 1.29 is 46.1 Å². The van der Waals surface area contributed by atoms with Crippen LogP contribution >= 0.6 is 0 Å². The van der Waals surface area contributed by atoms with E-state index in [0.717, 1.165) is 23.3 Å². The number of fused-ring (bicyclic) bond motifs is 2. The number of aromatic carboxylic acids is 2. The van der Waals surface area contributed by atoms with E-state index in [1.165, 1.54) is 0 Å². The van der Waals surface area contributed by atoms with Gasteiger partial charge in [0, 0.05) is 11.1 Å². The quantitative estimate of drug-likeness (QED) is 0.134. The first-order valence-corrected chi connectivity index (χ1v) is 13.8. The molecule has 0 radical (unpaired) electrons. The van der Waals surface area contributed by atoms with Gasteiger partial charge in [-0.15, -0.1) is 0 Å². The molecule has 0 aliphatic rings. The smallest absolute Gasteiger partial charge is 0.411 e. The topological polar surface area (TPSA) is 132 Å². The highest BCUT2D eigenvalue weighted by Gasteiger charge is 2.72. The zero-order valence-electron chi connectivity index (χ0n) is 24.3. The van der Waals surface area contributed by atoms with Crippen molar-refractivity contribution in [2.24, 2.45) is 0 Å². The third-order valence-corrected chi connectivity index (χ3v) is 8.00. The Bertz CT molecular complexity index is 2080. The predicted octanol–water partition coefficient (Wildman–Crippen LogP) is 8.20. The minimum Gasteiger partial charge on any atom is -0.478 e. The third kappa shape index (κ3) is 5.05. The van der Waals surface area contributed by atoms with Gasteiger partial charge >= 0.3 is 24.3 Å². The summed E-state index contributed by atoms with van der Waals surface area (Å²) in [5, 5.41) is 20.0. The van der Waals surface area contributed by atoms with Crippen molar-refractivity contribution in [2.45, 2.75) is 31.6 Å². The highest BCUT2D eigenvalue weighted by molar-refractivity contribution is 5.98. The van der Waals surface area contributed by atoms with Gasteiger partial charge in [-0.05, 0) is 72.5 Å². The molecule has 47 heavy (non-hydrogen) atoms. The maximum Gasteiger partial charge on any atom is 0.411 e. The summed E-state index contributed by atoms with van der Waals surface area (Å²) in [4.78, 5) is 38.9. The van der Waals surface area contributed by atoms with E-state index in [9.17, 15) is 19.8 Å². The lowest BCUT2D eigenvalue weighted by Gasteiger charge is -2.38. The molecule has 0 amide bonds. The lowest BCUT2D eigenvalue weighted by molar-refractivity contribution is -0.288. The number of aryl methyl sites for hydroxylation is 2. The number of nitrogens with zero attached hydrogens (tertiary/aromatic N) is 2. The number of benzene rings is 4. The van der Waals surface area contributed by atoms with Gasteiger partial charge in [-0.3, -0.25) is 0 Å². The van der Waals surface area contributed by atoms with Crippen molar-refractivity contribution in [3.05, 3.63) is 106 Å². The number of aromatic nitrogens is 4. The fourth-order valence-corrected chi connectivity index (χ4v) is 5.81. The molecule has 0 bridgehead atoms. The fraction of sp³-hybridized carbons (Fsp3) is 0.152. The minimum absolute atomic E-state index is 0.0855. The molecule has 2 aromatic heterocycles. The predicted molar refractivity (Wildman–Crippen MR) is 159 cm³/mol. The highest BCUT2D eigenvalue weighted by atomic mass is 19.4. The SMILES string of the molecule is Cc1ccc2nc(-c3ccc(C(c4ccc(-c5nc6ccc(C)cc6[nH]5)c(C(=O)O)c4)(C(F)(F)F)C(F)(F)F)cc3C(=O)O)[nH]c2c1. The van der Waals surface area contributed by atoms with Crippen LogP contribution in [0.5, 0.6) is 0 Å². The number of carboxylic acid groups (broad SMARTS) is 2. The first kappa shape index (κ1) is 31.3. The van der Waals surface area contributed by atoms with Crippen LogP contribution in [0, 0.1) is 13.8 Å². The van der Waals surface area contributed by atoms with E-state index in [1.807, 2.05) is 0 Å². The second-order valence-corrected chi connectivity index (χ2v) is 11.1. The van der Waals surface area contributed by atoms with Crippen LogP contribution in [-0.2, 0) is 5.41 Å². The van der Waals surface area contributed by atoms with Crippen molar-refractivity contribution in [1.82, 2.24) is 19.9 Å². The largest absolute Gasteiger partial charge is 0.478 e. The number of rotatable bonds is 6. The van der Waals surface area contributed by atoms with Gasteiger partial charge in [0.25, 0.3) is 0 Å². The van der Waals surface area contributed by atoms with Gasteiger partial charge in [-0.2, -0.15) is 26.3 Å². The zero-order valence-corrected chi connectivity index (χ0v) is 24.3. The average molecular weight is 653 g/mol. The first-order valence-electron chi connectivity index (χ1n) is 13.8. The maximum absolute atomic E-state index is 15.1. The van der Waals surface area contributed by atoms with Crippen LogP contribution in [0.25, 0.3) is 44.8 Å². The molecule has 4 aromatic carbocycles. The zero-order chi connectivity index (χ0) is 34.1. The van der Waals surface area contributed by atoms with Crippen LogP contribution < -0.4 is 0 Å². The molecule has 8 nitrogen and oxygen atoms in total. The summed E-state index contributed by atoms with van der Waals surface area (Å²) >= 11 is 0. The lowest BCUT2D eigenvalue weighted by atomic mass is 9.71. The molecule has 14 heteroatoms. The average Bonchev–Trinajstić information content (AvgIpc) is 3.59. The number of carboxylic acids is 2. The van der Waals surface area contributed by atoms with E-state index in [2.05, 4.69) is 19.9 Å². The van der Waals surface area contributed by atoms with Gasteiger partial charge in [0.1, 0.15) is 11.6 Å². The monoisotopic (exact) mass is 652 g/mol. The van der Waals surface area contributed by atoms with E-state index < -0.39 is 52.0 Å². The molecule has 0 saturated carbocycles. The Morgan fingerprint density at radius 3 is 1.32 bits per heavy atom. The molecule has 0 saturated heterocycles. The number of alkyl halides is 6. The van der Waals surface area contributed by atoms with E-state index in [0.29, 0.717) is 46.3 Å². The number of hydrogen-bond acceptors (Lipinski definition) is 4. The Kier molecular flexibility index (Phi) is 7.14. The van der Waals surface area contributed by atoms with Crippen LogP contribution in [0.15, 0.2) is 72.8 Å². The van der Waals surface area contributed by atoms with Crippen LogP contribution in [0.4, 0.5) is 26.3 Å². The summed E-state index contributed by atoms with van der Waals surface area (Å²) in [6, 6.07) is 13.3. The molecule has 0 atom stereocenters. The molecule has 0 aliphatic heterocycles. The standard InChI is InChI=1S/C33H22F6N4O4/c1-15-3-9-23-25(11-15)42-27(40-23)19-7-5-17(13-21(19)29(44)45)31(32(34,35)36,33(37,38)39)18-6-8-20(22(14-18)30(46)47)28-41-24-10-4-16(2)12-26(24)43-28/h3-14H,1-2H3,(H,40,42)(H,41,43)(H,44,45)(H,46,47). The minimum atomic E-state index is -6.12. The molecule has 0 aliphatic carbocycles. The number of halogens is 6. The number of imidazole rings is 2. The highest BCUT2D eigenvalue weighted by Crippen LogP contribution is 2.57. The van der Waals surface area contributed by atoms with E-state index in [4.69, 9.17) is 0 Å². The second kappa shape index (κ2) is 10.7. The Hall–Kier alpha value is -5.66. The maximum atomic E-state index is 15.1. The van der Waals surface area contributed by atoms with E-state index in [1.54, 1.807) is 50.2 Å².